The average Bonchev–Trinajstić information content (AvgIpc) is 2.74. The van der Waals surface area contributed by atoms with Crippen LogP contribution in [0.3, 0.4) is 0 Å². The van der Waals surface area contributed by atoms with Gasteiger partial charge in [-0.25, -0.2) is 0 Å². The van der Waals surface area contributed by atoms with E-state index in [9.17, 15) is 0 Å². The van der Waals surface area contributed by atoms with Crippen molar-refractivity contribution in [1.29, 1.82) is 0 Å². The first-order chi connectivity index (χ1) is 13.6. The molecule has 0 saturated carbocycles. The van der Waals surface area contributed by atoms with Crippen molar-refractivity contribution in [2.45, 2.75) is 48.5 Å². The van der Waals surface area contributed by atoms with E-state index in [1.165, 1.54) is 16.7 Å². The molecule has 0 unspecified atom stereocenters. The molecule has 1 heteroatoms. The Morgan fingerprint density at radius 2 is 0.536 bits per heavy atom. The monoisotopic (exact) mass is 382 g/mol. The average molecular weight is 383 g/mol. The molecule has 3 aromatic rings. The Bertz CT molecular complexity index is 500. The Morgan fingerprint density at radius 1 is 0.393 bits per heavy atom. The van der Waals surface area contributed by atoms with E-state index in [4.69, 9.17) is 0 Å². The Labute approximate surface area is 175 Å². The summed E-state index contributed by atoms with van der Waals surface area (Å²) in [6.07, 6.45) is 0. The zero-order valence-electron chi connectivity index (χ0n) is 19.6. The highest BCUT2D eigenvalue weighted by atomic mass is 16.4. The minimum Gasteiger partial charge on any atom is -0.388 e. The van der Waals surface area contributed by atoms with Gasteiger partial charge in [-0.3, -0.25) is 0 Å². The number of hydrogen-bond acceptors (Lipinski definition) is 1. The summed E-state index contributed by atoms with van der Waals surface area (Å²) in [4.78, 5) is 0. The van der Waals surface area contributed by atoms with Crippen LogP contribution in [0.1, 0.15) is 44.4 Å². The molecule has 1 nitrogen and oxygen atoms in total. The van der Waals surface area contributed by atoms with E-state index >= 15 is 0 Å². The molecule has 0 aliphatic rings. The molecule has 0 bridgehead atoms. The van der Waals surface area contributed by atoms with Gasteiger partial charge in [0, 0.05) is 14.2 Å². The van der Waals surface area contributed by atoms with Crippen LogP contribution >= 0.6 is 0 Å². The fraction of sp³-hybridized carbons (Fsp3) is 0.333. The molecule has 0 spiro atoms. The molecule has 156 valence electrons. The third kappa shape index (κ3) is 25.9. The largest absolute Gasteiger partial charge is 0.388 e. The van der Waals surface area contributed by atoms with Crippen molar-refractivity contribution in [3.05, 3.63) is 108 Å². The highest BCUT2D eigenvalue weighted by Gasteiger charge is 1.73. The molecule has 3 rings (SSSR count). The van der Waals surface area contributed by atoms with Crippen molar-refractivity contribution in [3.63, 3.8) is 0 Å². The van der Waals surface area contributed by atoms with Gasteiger partial charge in [-0.05, 0) is 20.8 Å². The Morgan fingerprint density at radius 3 is 0.607 bits per heavy atom. The SMILES string of the molecule is CC.CC.COC.Cc1ccccc1.Cc1ccccc1.Cc1ccccc1. The van der Waals surface area contributed by atoms with Gasteiger partial charge in [0.1, 0.15) is 0 Å². The molecule has 28 heavy (non-hydrogen) atoms. The van der Waals surface area contributed by atoms with Gasteiger partial charge in [0.15, 0.2) is 0 Å². The maximum Gasteiger partial charge on any atom is 0.0351 e. The molecule has 0 N–H and O–H groups in total. The van der Waals surface area contributed by atoms with Crippen LogP contribution in [0.5, 0.6) is 0 Å². The second kappa shape index (κ2) is 26.8. The minimum atomic E-state index is 1.32. The van der Waals surface area contributed by atoms with Gasteiger partial charge >= 0.3 is 0 Å². The van der Waals surface area contributed by atoms with Crippen LogP contribution in [0.2, 0.25) is 0 Å². The van der Waals surface area contributed by atoms with Crippen molar-refractivity contribution >= 4 is 0 Å². The smallest absolute Gasteiger partial charge is 0.0351 e. The van der Waals surface area contributed by atoms with Crippen molar-refractivity contribution in [3.8, 4) is 0 Å². The molecule has 0 aliphatic carbocycles. The van der Waals surface area contributed by atoms with E-state index in [-0.39, 0.29) is 0 Å². The molecule has 0 heterocycles. The summed E-state index contributed by atoms with van der Waals surface area (Å²) in [5.41, 5.74) is 3.97. The fourth-order valence-electron chi connectivity index (χ4n) is 1.60. The van der Waals surface area contributed by atoms with E-state index in [2.05, 4.69) is 61.9 Å². The number of ether oxygens (including phenoxy) is 1. The van der Waals surface area contributed by atoms with Crippen LogP contribution in [0, 0.1) is 20.8 Å². The van der Waals surface area contributed by atoms with E-state index in [1.807, 2.05) is 82.3 Å². The quantitative estimate of drug-likeness (QED) is 0.380. The molecule has 0 aromatic heterocycles. The summed E-state index contributed by atoms with van der Waals surface area (Å²) in [6.45, 7) is 14.3. The van der Waals surface area contributed by atoms with Crippen molar-refractivity contribution in [2.75, 3.05) is 14.2 Å². The first-order valence-electron chi connectivity index (χ1n) is 10.0. The lowest BCUT2D eigenvalue weighted by Gasteiger charge is -1.82. The molecule has 0 saturated heterocycles. The zero-order chi connectivity index (χ0) is 22.0. The molecule has 0 atom stereocenters. The first kappa shape index (κ1) is 30.4. The fourth-order valence-corrected chi connectivity index (χ4v) is 1.60. The standard InChI is InChI=1S/3C7H8.C2H6O.2C2H6/c3*1-7-5-3-2-4-6-7;1-3-2;2*1-2/h3*2-6H,1H3;1-2H3;2*1-2H3. The molecule has 0 radical (unpaired) electrons. The minimum absolute atomic E-state index is 1.32. The normalized spacial score (nSPS) is 7.61. The van der Waals surface area contributed by atoms with E-state index < -0.39 is 0 Å². The second-order valence-electron chi connectivity index (χ2n) is 5.37. The summed E-state index contributed by atoms with van der Waals surface area (Å²) in [5.74, 6) is 0. The molecule has 0 aliphatic heterocycles. The van der Waals surface area contributed by atoms with Crippen molar-refractivity contribution in [1.82, 2.24) is 0 Å². The van der Waals surface area contributed by atoms with Crippen LogP contribution in [0.25, 0.3) is 0 Å². The third-order valence-corrected chi connectivity index (χ3v) is 2.82. The van der Waals surface area contributed by atoms with E-state index in [0.717, 1.165) is 0 Å². The molecular weight excluding hydrogens is 340 g/mol. The van der Waals surface area contributed by atoms with Crippen LogP contribution in [-0.2, 0) is 4.74 Å². The molecular formula is C27H42O. The van der Waals surface area contributed by atoms with Gasteiger partial charge in [-0.2, -0.15) is 0 Å². The summed E-state index contributed by atoms with van der Waals surface area (Å²) in [7, 11) is 3.25. The number of methoxy groups -OCH3 is 1. The predicted octanol–water partition coefficient (Wildman–Crippen LogP) is 8.30. The predicted molar refractivity (Wildman–Crippen MR) is 129 cm³/mol. The Balaban J connectivity index is -0.000000289. The zero-order valence-corrected chi connectivity index (χ0v) is 19.6. The maximum atomic E-state index is 4.25. The Kier molecular flexibility index (Phi) is 29.1. The number of aryl methyl sites for hydroxylation is 3. The van der Waals surface area contributed by atoms with Gasteiger partial charge in [-0.1, -0.05) is 135 Å². The summed E-state index contributed by atoms with van der Waals surface area (Å²) in [5, 5.41) is 0. The van der Waals surface area contributed by atoms with E-state index in [1.54, 1.807) is 14.2 Å². The van der Waals surface area contributed by atoms with Gasteiger partial charge in [0.05, 0.1) is 0 Å². The van der Waals surface area contributed by atoms with Gasteiger partial charge in [0.25, 0.3) is 0 Å². The summed E-state index contributed by atoms with van der Waals surface area (Å²) >= 11 is 0. The maximum absolute atomic E-state index is 4.25. The van der Waals surface area contributed by atoms with Gasteiger partial charge in [-0.15, -0.1) is 0 Å². The lowest BCUT2D eigenvalue weighted by atomic mass is 10.2. The topological polar surface area (TPSA) is 9.23 Å². The molecule has 0 fully saturated rings. The summed E-state index contributed by atoms with van der Waals surface area (Å²) in [6, 6.07) is 30.8. The van der Waals surface area contributed by atoms with Gasteiger partial charge in [0.2, 0.25) is 0 Å². The number of benzene rings is 3. The van der Waals surface area contributed by atoms with Crippen LogP contribution in [0.4, 0.5) is 0 Å². The molecule has 3 aromatic carbocycles. The third-order valence-electron chi connectivity index (χ3n) is 2.82. The van der Waals surface area contributed by atoms with Crippen molar-refractivity contribution < 1.29 is 4.74 Å². The second-order valence-corrected chi connectivity index (χ2v) is 5.37. The first-order valence-corrected chi connectivity index (χ1v) is 10.0. The number of hydrogen-bond donors (Lipinski definition) is 0. The lowest BCUT2D eigenvalue weighted by molar-refractivity contribution is 0.277. The Hall–Kier alpha value is -2.38. The number of rotatable bonds is 0. The highest BCUT2D eigenvalue weighted by Crippen LogP contribution is 1.93. The van der Waals surface area contributed by atoms with Gasteiger partial charge < -0.3 is 4.74 Å². The van der Waals surface area contributed by atoms with E-state index in [0.29, 0.717) is 0 Å². The molecule has 0 amide bonds. The van der Waals surface area contributed by atoms with Crippen LogP contribution in [-0.4, -0.2) is 14.2 Å². The lowest BCUT2D eigenvalue weighted by Crippen LogP contribution is -1.62. The van der Waals surface area contributed by atoms with Crippen LogP contribution < -0.4 is 0 Å². The summed E-state index contributed by atoms with van der Waals surface area (Å²) < 4.78 is 4.25. The highest BCUT2D eigenvalue weighted by molar-refractivity contribution is 5.12. The van der Waals surface area contributed by atoms with Crippen molar-refractivity contribution in [2.24, 2.45) is 0 Å². The van der Waals surface area contributed by atoms with Crippen LogP contribution in [0.15, 0.2) is 91.0 Å².